The van der Waals surface area contributed by atoms with Gasteiger partial charge in [-0.1, -0.05) is 0 Å². The molecule has 0 radical (unpaired) electrons. The molecule has 0 amide bonds. The lowest BCUT2D eigenvalue weighted by Gasteiger charge is -2.36. The monoisotopic (exact) mass is 147 g/mol. The average molecular weight is 147 g/mol. The van der Waals surface area contributed by atoms with E-state index in [1.807, 2.05) is 6.92 Å². The van der Waals surface area contributed by atoms with E-state index in [-0.39, 0.29) is 0 Å². The van der Waals surface area contributed by atoms with Crippen LogP contribution in [0.2, 0.25) is 0 Å². The molecule has 0 fully saturated rings. The van der Waals surface area contributed by atoms with Gasteiger partial charge in [0.15, 0.2) is 0 Å². The summed E-state index contributed by atoms with van der Waals surface area (Å²) in [7, 11) is 0. The fraction of sp³-hybridized carbons (Fsp3) is 1.00. The van der Waals surface area contributed by atoms with Gasteiger partial charge in [0.05, 0.1) is 0 Å². The quantitative estimate of drug-likeness (QED) is 0.570. The molecule has 0 aromatic carbocycles. The molecule has 0 rings (SSSR count). The Morgan fingerprint density at radius 3 is 1.90 bits per heavy atom. The molecule has 3 nitrogen and oxygen atoms in total. The Hall–Kier alpha value is -0.120. The van der Waals surface area contributed by atoms with Crippen LogP contribution in [0.1, 0.15) is 27.7 Å². The summed E-state index contributed by atoms with van der Waals surface area (Å²) >= 11 is 0. The van der Waals surface area contributed by atoms with E-state index in [0.29, 0.717) is 6.61 Å². The number of aliphatic hydroxyl groups is 1. The van der Waals surface area contributed by atoms with E-state index in [1.165, 1.54) is 0 Å². The number of hydrogen-bond donors (Lipinski definition) is 2. The van der Waals surface area contributed by atoms with Gasteiger partial charge in [-0.15, -0.1) is 0 Å². The van der Waals surface area contributed by atoms with Crippen molar-refractivity contribution in [1.29, 1.82) is 0 Å². The van der Waals surface area contributed by atoms with Gasteiger partial charge in [0.1, 0.15) is 11.3 Å². The SMILES string of the molecule is CCOC(C)(N)C(C)(C)O. The minimum absolute atomic E-state index is 0.511. The fourth-order valence-electron chi connectivity index (χ4n) is 0.476. The molecular weight excluding hydrogens is 130 g/mol. The maximum absolute atomic E-state index is 9.43. The van der Waals surface area contributed by atoms with Crippen molar-refractivity contribution in [2.24, 2.45) is 5.73 Å². The van der Waals surface area contributed by atoms with Gasteiger partial charge in [-0.2, -0.15) is 0 Å². The Bertz CT molecular complexity index is 105. The largest absolute Gasteiger partial charge is 0.386 e. The molecule has 0 aromatic heterocycles. The zero-order valence-corrected chi connectivity index (χ0v) is 7.14. The standard InChI is InChI=1S/C7H17NO2/c1-5-10-7(4,8)6(2,3)9/h9H,5,8H2,1-4H3. The molecule has 0 saturated heterocycles. The predicted octanol–water partition coefficient (Wildman–Crippen LogP) is 0.469. The zero-order chi connectivity index (χ0) is 8.41. The van der Waals surface area contributed by atoms with Crippen molar-refractivity contribution in [2.75, 3.05) is 6.61 Å². The molecule has 10 heavy (non-hydrogen) atoms. The lowest BCUT2D eigenvalue weighted by atomic mass is 9.97. The van der Waals surface area contributed by atoms with Crippen molar-refractivity contribution in [3.05, 3.63) is 0 Å². The number of rotatable bonds is 3. The summed E-state index contributed by atoms with van der Waals surface area (Å²) < 4.78 is 5.12. The molecule has 0 bridgehead atoms. The normalized spacial score (nSPS) is 18.6. The Labute approximate surface area is 62.2 Å². The lowest BCUT2D eigenvalue weighted by Crippen LogP contribution is -2.56. The first-order valence-corrected chi connectivity index (χ1v) is 3.46. The minimum atomic E-state index is -0.997. The van der Waals surface area contributed by atoms with E-state index in [4.69, 9.17) is 10.5 Å². The van der Waals surface area contributed by atoms with E-state index in [2.05, 4.69) is 0 Å². The third-order valence-corrected chi connectivity index (χ3v) is 1.66. The Morgan fingerprint density at radius 2 is 1.80 bits per heavy atom. The number of hydrogen-bond acceptors (Lipinski definition) is 3. The Kier molecular flexibility index (Phi) is 2.83. The highest BCUT2D eigenvalue weighted by molar-refractivity contribution is 4.85. The smallest absolute Gasteiger partial charge is 0.142 e. The van der Waals surface area contributed by atoms with E-state index < -0.39 is 11.3 Å². The highest BCUT2D eigenvalue weighted by Gasteiger charge is 2.36. The molecular formula is C7H17NO2. The van der Waals surface area contributed by atoms with Gasteiger partial charge in [0, 0.05) is 6.61 Å². The van der Waals surface area contributed by atoms with Gasteiger partial charge in [-0.25, -0.2) is 0 Å². The first kappa shape index (κ1) is 9.88. The van der Waals surface area contributed by atoms with Crippen LogP contribution in [0.4, 0.5) is 0 Å². The van der Waals surface area contributed by atoms with E-state index >= 15 is 0 Å². The molecule has 3 N–H and O–H groups in total. The molecule has 3 heteroatoms. The molecule has 0 aliphatic heterocycles. The molecule has 0 saturated carbocycles. The zero-order valence-electron chi connectivity index (χ0n) is 7.14. The van der Waals surface area contributed by atoms with Gasteiger partial charge >= 0.3 is 0 Å². The maximum Gasteiger partial charge on any atom is 0.142 e. The van der Waals surface area contributed by atoms with Crippen molar-refractivity contribution >= 4 is 0 Å². The summed E-state index contributed by atoms with van der Waals surface area (Å²) in [5.41, 5.74) is 3.68. The van der Waals surface area contributed by atoms with E-state index in [1.54, 1.807) is 20.8 Å². The third-order valence-electron chi connectivity index (χ3n) is 1.66. The van der Waals surface area contributed by atoms with Gasteiger partial charge in [0.25, 0.3) is 0 Å². The summed E-state index contributed by atoms with van der Waals surface area (Å²) in [6.45, 7) is 7.27. The van der Waals surface area contributed by atoms with Crippen LogP contribution in [-0.4, -0.2) is 23.0 Å². The van der Waals surface area contributed by atoms with Crippen molar-refractivity contribution in [1.82, 2.24) is 0 Å². The third kappa shape index (κ3) is 2.25. The summed E-state index contributed by atoms with van der Waals surface area (Å²) in [5, 5.41) is 9.43. The molecule has 0 aromatic rings. The second-order valence-corrected chi connectivity index (χ2v) is 3.10. The van der Waals surface area contributed by atoms with Gasteiger partial charge in [-0.3, -0.25) is 0 Å². The van der Waals surface area contributed by atoms with Crippen molar-refractivity contribution < 1.29 is 9.84 Å². The highest BCUT2D eigenvalue weighted by Crippen LogP contribution is 2.19. The molecule has 62 valence electrons. The van der Waals surface area contributed by atoms with Crippen molar-refractivity contribution in [3.8, 4) is 0 Å². The summed E-state index contributed by atoms with van der Waals surface area (Å²) in [4.78, 5) is 0. The van der Waals surface area contributed by atoms with Gasteiger partial charge in [0.2, 0.25) is 0 Å². The van der Waals surface area contributed by atoms with Crippen LogP contribution in [0, 0.1) is 0 Å². The predicted molar refractivity (Wildman–Crippen MR) is 40.5 cm³/mol. The van der Waals surface area contributed by atoms with Crippen molar-refractivity contribution in [2.45, 2.75) is 39.0 Å². The molecule has 0 heterocycles. The number of nitrogens with two attached hydrogens (primary N) is 1. The van der Waals surface area contributed by atoms with Gasteiger partial charge in [-0.05, 0) is 27.7 Å². The van der Waals surface area contributed by atoms with Crippen LogP contribution >= 0.6 is 0 Å². The lowest BCUT2D eigenvalue weighted by molar-refractivity contribution is -0.151. The topological polar surface area (TPSA) is 55.5 Å². The first-order valence-electron chi connectivity index (χ1n) is 3.46. The minimum Gasteiger partial charge on any atom is -0.386 e. The highest BCUT2D eigenvalue weighted by atomic mass is 16.5. The van der Waals surface area contributed by atoms with Crippen LogP contribution in [0.15, 0.2) is 0 Å². The fourth-order valence-corrected chi connectivity index (χ4v) is 0.476. The summed E-state index contributed by atoms with van der Waals surface area (Å²) in [6.07, 6.45) is 0. The van der Waals surface area contributed by atoms with Crippen LogP contribution in [0.25, 0.3) is 0 Å². The average Bonchev–Trinajstić information content (AvgIpc) is 1.61. The van der Waals surface area contributed by atoms with E-state index in [0.717, 1.165) is 0 Å². The van der Waals surface area contributed by atoms with Crippen LogP contribution in [0.3, 0.4) is 0 Å². The number of ether oxygens (including phenoxy) is 1. The van der Waals surface area contributed by atoms with Crippen LogP contribution in [-0.2, 0) is 4.74 Å². The van der Waals surface area contributed by atoms with Crippen LogP contribution < -0.4 is 5.73 Å². The maximum atomic E-state index is 9.43. The molecule has 1 unspecified atom stereocenters. The first-order chi connectivity index (χ1) is 4.31. The van der Waals surface area contributed by atoms with Crippen molar-refractivity contribution in [3.63, 3.8) is 0 Å². The summed E-state index contributed by atoms with van der Waals surface area (Å²) in [5.74, 6) is 0. The Balaban J connectivity index is 4.10. The van der Waals surface area contributed by atoms with Gasteiger partial charge < -0.3 is 15.6 Å². The molecule has 0 aliphatic carbocycles. The van der Waals surface area contributed by atoms with Crippen LogP contribution in [0.5, 0.6) is 0 Å². The molecule has 0 aliphatic rings. The molecule has 1 atom stereocenters. The van der Waals surface area contributed by atoms with E-state index in [9.17, 15) is 5.11 Å². The second kappa shape index (κ2) is 2.86. The second-order valence-electron chi connectivity index (χ2n) is 3.10. The molecule has 0 spiro atoms. The summed E-state index contributed by atoms with van der Waals surface area (Å²) in [6, 6.07) is 0. The Morgan fingerprint density at radius 1 is 1.40 bits per heavy atom.